The summed E-state index contributed by atoms with van der Waals surface area (Å²) in [4.78, 5) is 2.57. The molecule has 78 valence electrons. The summed E-state index contributed by atoms with van der Waals surface area (Å²) >= 11 is 0. The van der Waals surface area contributed by atoms with E-state index in [2.05, 4.69) is 24.1 Å². The first-order valence-corrected chi connectivity index (χ1v) is 5.80. The van der Waals surface area contributed by atoms with Crippen molar-refractivity contribution in [1.29, 1.82) is 0 Å². The average Bonchev–Trinajstić information content (AvgIpc) is 2.23. The van der Waals surface area contributed by atoms with Gasteiger partial charge in [-0.1, -0.05) is 25.0 Å². The van der Waals surface area contributed by atoms with E-state index in [1.807, 2.05) is 6.08 Å². The molecule has 1 heterocycles. The number of fused-ring (bicyclic) bond motifs is 2. The Morgan fingerprint density at radius 2 is 2.21 bits per heavy atom. The molecule has 2 rings (SSSR count). The number of rotatable bonds is 3. The molecule has 0 N–H and O–H groups in total. The summed E-state index contributed by atoms with van der Waals surface area (Å²) in [6.07, 6.45) is 11.1. The second-order valence-electron chi connectivity index (χ2n) is 4.79. The van der Waals surface area contributed by atoms with Crippen LogP contribution in [0.25, 0.3) is 0 Å². The van der Waals surface area contributed by atoms with Crippen LogP contribution in [-0.4, -0.2) is 23.5 Å². The standard InChI is InChI=1S/C13H21N/c1-3-9-14-10-7-12-6-5-8-13(14,4-2)11-12/h3-4,12H,1-2,5-11H2/t12-,13-/m0/s1. The van der Waals surface area contributed by atoms with Crippen molar-refractivity contribution in [2.75, 3.05) is 13.1 Å². The summed E-state index contributed by atoms with van der Waals surface area (Å²) in [5, 5.41) is 0. The Morgan fingerprint density at radius 1 is 1.36 bits per heavy atom. The fourth-order valence-corrected chi connectivity index (χ4v) is 3.24. The second kappa shape index (κ2) is 3.90. The molecule has 0 radical (unpaired) electrons. The van der Waals surface area contributed by atoms with E-state index in [-0.39, 0.29) is 0 Å². The van der Waals surface area contributed by atoms with Crippen LogP contribution in [0.2, 0.25) is 0 Å². The normalized spacial score (nSPS) is 37.9. The van der Waals surface area contributed by atoms with E-state index in [1.165, 1.54) is 38.6 Å². The van der Waals surface area contributed by atoms with Crippen molar-refractivity contribution in [1.82, 2.24) is 4.90 Å². The monoisotopic (exact) mass is 191 g/mol. The number of piperidine rings is 1. The average molecular weight is 191 g/mol. The molecule has 0 spiro atoms. The molecule has 14 heavy (non-hydrogen) atoms. The van der Waals surface area contributed by atoms with Crippen LogP contribution in [0.15, 0.2) is 25.3 Å². The largest absolute Gasteiger partial charge is 0.291 e. The van der Waals surface area contributed by atoms with Crippen molar-refractivity contribution >= 4 is 0 Å². The third-order valence-electron chi connectivity index (χ3n) is 4.03. The molecule has 0 unspecified atom stereocenters. The highest BCUT2D eigenvalue weighted by atomic mass is 15.2. The van der Waals surface area contributed by atoms with E-state index in [0.717, 1.165) is 12.5 Å². The molecule has 0 aromatic rings. The summed E-state index contributed by atoms with van der Waals surface area (Å²) in [7, 11) is 0. The molecule has 2 fully saturated rings. The lowest BCUT2D eigenvalue weighted by atomic mass is 9.70. The van der Waals surface area contributed by atoms with Crippen molar-refractivity contribution in [3.05, 3.63) is 25.3 Å². The highest BCUT2D eigenvalue weighted by molar-refractivity contribution is 5.10. The SMILES string of the molecule is C=CCN1CC[C@@H]2CCC[C@@]1(C=C)C2. The predicted molar refractivity (Wildman–Crippen MR) is 61.3 cm³/mol. The minimum absolute atomic E-state index is 0.315. The Kier molecular flexibility index (Phi) is 2.78. The second-order valence-corrected chi connectivity index (χ2v) is 4.79. The molecule has 2 bridgehead atoms. The molecule has 1 aliphatic carbocycles. The van der Waals surface area contributed by atoms with Gasteiger partial charge in [0, 0.05) is 12.1 Å². The molecular formula is C13H21N. The van der Waals surface area contributed by atoms with Crippen LogP contribution in [0.5, 0.6) is 0 Å². The maximum Gasteiger partial charge on any atom is 0.0394 e. The maximum absolute atomic E-state index is 4.05. The molecule has 0 amide bonds. The van der Waals surface area contributed by atoms with Gasteiger partial charge in [0.2, 0.25) is 0 Å². The zero-order valence-electron chi connectivity index (χ0n) is 9.04. The van der Waals surface area contributed by atoms with Crippen LogP contribution in [0, 0.1) is 5.92 Å². The molecule has 0 aromatic carbocycles. The molecular weight excluding hydrogens is 170 g/mol. The first-order valence-electron chi connectivity index (χ1n) is 5.80. The third kappa shape index (κ3) is 1.54. The van der Waals surface area contributed by atoms with Gasteiger partial charge in [-0.15, -0.1) is 13.2 Å². The quantitative estimate of drug-likeness (QED) is 0.620. The molecule has 2 aliphatic rings. The fourth-order valence-electron chi connectivity index (χ4n) is 3.24. The number of hydrogen-bond donors (Lipinski definition) is 0. The third-order valence-corrected chi connectivity index (χ3v) is 4.03. The first kappa shape index (κ1) is 9.97. The van der Waals surface area contributed by atoms with Gasteiger partial charge in [-0.2, -0.15) is 0 Å². The Labute approximate surface area is 87.5 Å². The predicted octanol–water partition coefficient (Wildman–Crippen LogP) is 2.99. The van der Waals surface area contributed by atoms with Crippen LogP contribution in [0.4, 0.5) is 0 Å². The number of likely N-dealkylation sites (tertiary alicyclic amines) is 1. The molecule has 1 aliphatic heterocycles. The maximum atomic E-state index is 4.05. The molecule has 1 saturated heterocycles. The smallest absolute Gasteiger partial charge is 0.0394 e. The van der Waals surface area contributed by atoms with Crippen molar-refractivity contribution in [3.63, 3.8) is 0 Å². The molecule has 1 saturated carbocycles. The van der Waals surface area contributed by atoms with Crippen LogP contribution < -0.4 is 0 Å². The molecule has 1 heteroatoms. The molecule has 0 aromatic heterocycles. The van der Waals surface area contributed by atoms with E-state index in [0.29, 0.717) is 5.54 Å². The van der Waals surface area contributed by atoms with Gasteiger partial charge in [0.15, 0.2) is 0 Å². The van der Waals surface area contributed by atoms with E-state index in [4.69, 9.17) is 0 Å². The minimum atomic E-state index is 0.315. The zero-order valence-corrected chi connectivity index (χ0v) is 9.04. The zero-order chi connectivity index (χ0) is 10.0. The molecule has 1 nitrogen and oxygen atoms in total. The van der Waals surface area contributed by atoms with Crippen LogP contribution in [0.1, 0.15) is 32.1 Å². The van der Waals surface area contributed by atoms with Crippen molar-refractivity contribution in [2.24, 2.45) is 5.92 Å². The van der Waals surface area contributed by atoms with Gasteiger partial charge in [0.25, 0.3) is 0 Å². The summed E-state index contributed by atoms with van der Waals surface area (Å²) in [5.41, 5.74) is 0.315. The summed E-state index contributed by atoms with van der Waals surface area (Å²) < 4.78 is 0. The molecule has 2 atom stereocenters. The van der Waals surface area contributed by atoms with Gasteiger partial charge in [0.05, 0.1) is 0 Å². The number of nitrogens with zero attached hydrogens (tertiary/aromatic N) is 1. The lowest BCUT2D eigenvalue weighted by Gasteiger charge is -2.51. The summed E-state index contributed by atoms with van der Waals surface area (Å²) in [5.74, 6) is 0.961. The topological polar surface area (TPSA) is 3.24 Å². The van der Waals surface area contributed by atoms with Crippen molar-refractivity contribution < 1.29 is 0 Å². The van der Waals surface area contributed by atoms with Crippen molar-refractivity contribution in [2.45, 2.75) is 37.6 Å². The van der Waals surface area contributed by atoms with Crippen LogP contribution in [0.3, 0.4) is 0 Å². The summed E-state index contributed by atoms with van der Waals surface area (Å²) in [6.45, 7) is 10.2. The van der Waals surface area contributed by atoms with E-state index in [1.54, 1.807) is 0 Å². The highest BCUT2D eigenvalue weighted by Crippen LogP contribution is 2.43. The van der Waals surface area contributed by atoms with Crippen LogP contribution >= 0.6 is 0 Å². The van der Waals surface area contributed by atoms with E-state index < -0.39 is 0 Å². The first-order chi connectivity index (χ1) is 6.80. The van der Waals surface area contributed by atoms with Gasteiger partial charge < -0.3 is 0 Å². The summed E-state index contributed by atoms with van der Waals surface area (Å²) in [6, 6.07) is 0. The van der Waals surface area contributed by atoms with Gasteiger partial charge in [0.1, 0.15) is 0 Å². The number of hydrogen-bond acceptors (Lipinski definition) is 1. The Bertz CT molecular complexity index is 233. The van der Waals surface area contributed by atoms with Gasteiger partial charge in [-0.05, 0) is 31.7 Å². The van der Waals surface area contributed by atoms with Gasteiger partial charge >= 0.3 is 0 Å². The Balaban J connectivity index is 2.17. The Morgan fingerprint density at radius 3 is 2.93 bits per heavy atom. The lowest BCUT2D eigenvalue weighted by Crippen LogP contribution is -2.54. The van der Waals surface area contributed by atoms with Crippen LogP contribution in [-0.2, 0) is 0 Å². The Hall–Kier alpha value is -0.560. The van der Waals surface area contributed by atoms with Gasteiger partial charge in [-0.3, -0.25) is 4.90 Å². The van der Waals surface area contributed by atoms with Crippen molar-refractivity contribution in [3.8, 4) is 0 Å². The van der Waals surface area contributed by atoms with E-state index in [9.17, 15) is 0 Å². The lowest BCUT2D eigenvalue weighted by molar-refractivity contribution is 0.0287. The minimum Gasteiger partial charge on any atom is -0.291 e. The highest BCUT2D eigenvalue weighted by Gasteiger charge is 2.41. The van der Waals surface area contributed by atoms with Gasteiger partial charge in [-0.25, -0.2) is 0 Å². The fraction of sp³-hybridized carbons (Fsp3) is 0.692. The van der Waals surface area contributed by atoms with E-state index >= 15 is 0 Å².